The van der Waals surface area contributed by atoms with Crippen LogP contribution in [0.2, 0.25) is 5.02 Å². The summed E-state index contributed by atoms with van der Waals surface area (Å²) in [6, 6.07) is 13.7. The molecule has 0 aliphatic carbocycles. The molecular weight excluding hydrogens is 488 g/mol. The lowest BCUT2D eigenvalue weighted by Gasteiger charge is -2.36. The van der Waals surface area contributed by atoms with Crippen LogP contribution in [-0.4, -0.2) is 69.0 Å². The van der Waals surface area contributed by atoms with Crippen molar-refractivity contribution < 1.29 is 14.7 Å². The van der Waals surface area contributed by atoms with Crippen molar-refractivity contribution in [1.82, 2.24) is 19.8 Å². The second-order valence-corrected chi connectivity index (χ2v) is 10.5. The van der Waals surface area contributed by atoms with Crippen LogP contribution < -0.4 is 0 Å². The Morgan fingerprint density at radius 1 is 0.919 bits per heavy atom. The maximum Gasteiger partial charge on any atom is 0.303 e. The Balaban J connectivity index is 1.37. The molecule has 1 amide bonds. The molecule has 0 bridgehead atoms. The lowest BCUT2D eigenvalue weighted by Crippen LogP contribution is -2.45. The van der Waals surface area contributed by atoms with Gasteiger partial charge in [0.25, 0.3) is 5.91 Å². The number of likely N-dealkylation sites (tertiary alicyclic amines) is 2. The Kier molecular flexibility index (Phi) is 8.01. The minimum Gasteiger partial charge on any atom is -0.481 e. The van der Waals surface area contributed by atoms with Crippen molar-refractivity contribution in [3.63, 3.8) is 0 Å². The molecule has 37 heavy (non-hydrogen) atoms. The molecule has 2 aliphatic heterocycles. The zero-order valence-electron chi connectivity index (χ0n) is 21.0. The molecule has 1 N–H and O–H groups in total. The Morgan fingerprint density at radius 3 is 2.35 bits per heavy atom. The summed E-state index contributed by atoms with van der Waals surface area (Å²) in [5.74, 6) is -0.747. The number of carbonyl (C=O) groups is 2. The van der Waals surface area contributed by atoms with Crippen molar-refractivity contribution in [2.75, 3.05) is 26.2 Å². The highest BCUT2D eigenvalue weighted by Gasteiger charge is 2.28. The predicted molar refractivity (Wildman–Crippen MR) is 145 cm³/mol. The number of carboxylic acid groups (broad SMARTS) is 1. The lowest BCUT2D eigenvalue weighted by molar-refractivity contribution is -0.137. The van der Waals surface area contributed by atoms with Crippen LogP contribution in [0.25, 0.3) is 22.3 Å². The van der Waals surface area contributed by atoms with Gasteiger partial charge in [-0.15, -0.1) is 0 Å². The van der Waals surface area contributed by atoms with Gasteiger partial charge in [-0.2, -0.15) is 0 Å². The highest BCUT2D eigenvalue weighted by atomic mass is 35.5. The molecule has 0 atom stereocenters. The van der Waals surface area contributed by atoms with Crippen molar-refractivity contribution in [1.29, 1.82) is 0 Å². The van der Waals surface area contributed by atoms with E-state index in [1.165, 1.54) is 25.9 Å². The first-order valence-electron chi connectivity index (χ1n) is 13.3. The molecule has 2 saturated heterocycles. The lowest BCUT2D eigenvalue weighted by atomic mass is 10.0. The SMILES string of the molecule is O=C(O)CCCCc1nc2cc(C(=O)N3CCC(N4CCCC4)CC3)ccc2nc1-c1ccc(Cl)cc1. The fourth-order valence-corrected chi connectivity index (χ4v) is 5.66. The van der Waals surface area contributed by atoms with Gasteiger partial charge in [-0.1, -0.05) is 23.7 Å². The van der Waals surface area contributed by atoms with E-state index in [2.05, 4.69) is 4.90 Å². The number of rotatable bonds is 8. The third-order valence-corrected chi connectivity index (χ3v) is 7.82. The highest BCUT2D eigenvalue weighted by Crippen LogP contribution is 2.28. The first kappa shape index (κ1) is 25.6. The number of aryl methyl sites for hydroxylation is 1. The van der Waals surface area contributed by atoms with Gasteiger partial charge < -0.3 is 14.9 Å². The van der Waals surface area contributed by atoms with Gasteiger partial charge in [-0.3, -0.25) is 9.59 Å². The molecular formula is C29H33ClN4O3. The van der Waals surface area contributed by atoms with E-state index in [9.17, 15) is 9.59 Å². The smallest absolute Gasteiger partial charge is 0.303 e. The topological polar surface area (TPSA) is 86.6 Å². The van der Waals surface area contributed by atoms with Crippen LogP contribution in [0.5, 0.6) is 0 Å². The average molecular weight is 521 g/mol. The predicted octanol–water partition coefficient (Wildman–Crippen LogP) is 5.45. The van der Waals surface area contributed by atoms with E-state index in [-0.39, 0.29) is 12.3 Å². The van der Waals surface area contributed by atoms with Gasteiger partial charge in [-0.25, -0.2) is 9.97 Å². The van der Waals surface area contributed by atoms with E-state index >= 15 is 0 Å². The van der Waals surface area contributed by atoms with E-state index in [1.54, 1.807) is 0 Å². The molecule has 7 nitrogen and oxygen atoms in total. The molecule has 3 aromatic rings. The van der Waals surface area contributed by atoms with Crippen LogP contribution in [0.1, 0.15) is 61.0 Å². The number of piperidine rings is 1. The summed E-state index contributed by atoms with van der Waals surface area (Å²) in [6.45, 7) is 3.96. The molecule has 3 heterocycles. The number of nitrogens with zero attached hydrogens (tertiary/aromatic N) is 4. The van der Waals surface area contributed by atoms with Crippen LogP contribution in [-0.2, 0) is 11.2 Å². The summed E-state index contributed by atoms with van der Waals surface area (Å²) in [5.41, 5.74) is 4.52. The number of benzene rings is 2. The van der Waals surface area contributed by atoms with Gasteiger partial charge in [0, 0.05) is 41.7 Å². The van der Waals surface area contributed by atoms with E-state index in [1.807, 2.05) is 47.4 Å². The van der Waals surface area contributed by atoms with Crippen LogP contribution in [0, 0.1) is 0 Å². The Hall–Kier alpha value is -3.03. The Bertz CT molecular complexity index is 1270. The summed E-state index contributed by atoms with van der Waals surface area (Å²) in [6.07, 6.45) is 6.64. The minimum absolute atomic E-state index is 0.0494. The van der Waals surface area contributed by atoms with Gasteiger partial charge in [-0.05, 0) is 88.4 Å². The zero-order valence-corrected chi connectivity index (χ0v) is 21.8. The maximum absolute atomic E-state index is 13.3. The molecule has 1 aromatic heterocycles. The fraction of sp³-hybridized carbons (Fsp3) is 0.448. The van der Waals surface area contributed by atoms with Crippen molar-refractivity contribution in [2.45, 2.75) is 57.4 Å². The average Bonchev–Trinajstić information content (AvgIpc) is 3.46. The van der Waals surface area contributed by atoms with Crippen molar-refractivity contribution in [3.05, 3.63) is 58.7 Å². The summed E-state index contributed by atoms with van der Waals surface area (Å²) in [7, 11) is 0. The van der Waals surface area contributed by atoms with E-state index in [0.717, 1.165) is 48.4 Å². The first-order chi connectivity index (χ1) is 18.0. The summed E-state index contributed by atoms with van der Waals surface area (Å²) in [5, 5.41) is 9.64. The van der Waals surface area contributed by atoms with Crippen molar-refractivity contribution in [2.24, 2.45) is 0 Å². The van der Waals surface area contributed by atoms with Gasteiger partial charge in [0.15, 0.2) is 0 Å². The van der Waals surface area contributed by atoms with Gasteiger partial charge in [0.1, 0.15) is 0 Å². The number of fused-ring (bicyclic) bond motifs is 1. The van der Waals surface area contributed by atoms with Crippen molar-refractivity contribution >= 4 is 34.5 Å². The molecule has 2 fully saturated rings. The number of amides is 1. The second-order valence-electron chi connectivity index (χ2n) is 10.1. The number of hydrogen-bond acceptors (Lipinski definition) is 5. The third-order valence-electron chi connectivity index (χ3n) is 7.56. The summed E-state index contributed by atoms with van der Waals surface area (Å²) in [4.78, 5) is 38.7. The quantitative estimate of drug-likeness (QED) is 0.397. The maximum atomic E-state index is 13.3. The van der Waals surface area contributed by atoms with Crippen LogP contribution in [0.4, 0.5) is 0 Å². The molecule has 5 rings (SSSR count). The number of carbonyl (C=O) groups excluding carboxylic acids is 1. The van der Waals surface area contributed by atoms with E-state index in [0.29, 0.717) is 41.4 Å². The zero-order chi connectivity index (χ0) is 25.8. The van der Waals surface area contributed by atoms with Gasteiger partial charge in [0.2, 0.25) is 0 Å². The Labute approximate surface area is 222 Å². The molecule has 2 aromatic carbocycles. The second kappa shape index (κ2) is 11.6. The number of hydrogen-bond donors (Lipinski definition) is 1. The standard InChI is InChI=1S/C29H33ClN4O3/c30-22-10-7-20(8-11-22)28-25(5-1-2-6-27(35)36)31-26-19-21(9-12-24(26)32-28)29(37)34-17-13-23(14-18-34)33-15-3-4-16-33/h7-12,19,23H,1-6,13-18H2,(H,35,36). The number of unbranched alkanes of at least 4 members (excludes halogenated alkanes) is 1. The third kappa shape index (κ3) is 6.11. The molecule has 194 valence electrons. The number of halogens is 1. The number of carboxylic acids is 1. The number of aromatic nitrogens is 2. The van der Waals surface area contributed by atoms with E-state index < -0.39 is 5.97 Å². The van der Waals surface area contributed by atoms with Crippen molar-refractivity contribution in [3.8, 4) is 11.3 Å². The first-order valence-corrected chi connectivity index (χ1v) is 13.7. The van der Waals surface area contributed by atoms with Gasteiger partial charge >= 0.3 is 5.97 Å². The van der Waals surface area contributed by atoms with E-state index in [4.69, 9.17) is 26.7 Å². The molecule has 0 radical (unpaired) electrons. The number of aliphatic carboxylic acids is 1. The molecule has 2 aliphatic rings. The fourth-order valence-electron chi connectivity index (χ4n) is 5.53. The molecule has 0 spiro atoms. The van der Waals surface area contributed by atoms with Crippen LogP contribution in [0.3, 0.4) is 0 Å². The van der Waals surface area contributed by atoms with Crippen LogP contribution >= 0.6 is 11.6 Å². The minimum atomic E-state index is -0.796. The normalized spacial score (nSPS) is 16.9. The highest BCUT2D eigenvalue weighted by molar-refractivity contribution is 6.30. The van der Waals surface area contributed by atoms with Gasteiger partial charge in [0.05, 0.1) is 22.4 Å². The largest absolute Gasteiger partial charge is 0.481 e. The molecule has 8 heteroatoms. The van der Waals surface area contributed by atoms with Crippen LogP contribution in [0.15, 0.2) is 42.5 Å². The summed E-state index contributed by atoms with van der Waals surface area (Å²) >= 11 is 6.09. The molecule has 0 saturated carbocycles. The Morgan fingerprint density at radius 2 is 1.65 bits per heavy atom. The monoisotopic (exact) mass is 520 g/mol. The molecule has 0 unspecified atom stereocenters. The summed E-state index contributed by atoms with van der Waals surface area (Å²) < 4.78 is 0.